The van der Waals surface area contributed by atoms with Gasteiger partial charge < -0.3 is 24.6 Å². The van der Waals surface area contributed by atoms with Gasteiger partial charge in [-0.2, -0.15) is 0 Å². The van der Waals surface area contributed by atoms with E-state index in [1.807, 2.05) is 32.0 Å². The van der Waals surface area contributed by atoms with Gasteiger partial charge >= 0.3 is 0 Å². The topological polar surface area (TPSA) is 60.0 Å². The molecule has 2 atom stereocenters. The summed E-state index contributed by atoms with van der Waals surface area (Å²) in [4.78, 5) is 0. The zero-order valence-corrected chi connectivity index (χ0v) is 12.7. The molecule has 5 nitrogen and oxygen atoms in total. The van der Waals surface area contributed by atoms with Gasteiger partial charge in [0.25, 0.3) is 0 Å². The summed E-state index contributed by atoms with van der Waals surface area (Å²) < 4.78 is 15.7. The minimum absolute atomic E-state index is 0.0249. The first-order chi connectivity index (χ1) is 9.56. The van der Waals surface area contributed by atoms with E-state index in [0.29, 0.717) is 13.2 Å². The van der Waals surface area contributed by atoms with Crippen LogP contribution in [-0.4, -0.2) is 51.3 Å². The van der Waals surface area contributed by atoms with E-state index in [1.54, 1.807) is 14.2 Å². The van der Waals surface area contributed by atoms with Crippen LogP contribution in [0, 0.1) is 6.92 Å². The Hall–Kier alpha value is -1.30. The SMILES string of the molecule is COCC(C)OCC(O)CNc1cc(C)ccc1OC. The Morgan fingerprint density at radius 3 is 2.65 bits per heavy atom. The standard InChI is InChI=1S/C15H25NO4/c1-11-5-6-15(19-4)14(7-11)16-8-13(17)10-20-12(2)9-18-3/h5-7,12-13,16-17H,8-10H2,1-4H3. The lowest BCUT2D eigenvalue weighted by molar-refractivity contribution is -0.0282. The molecule has 0 heterocycles. The predicted octanol–water partition coefficient (Wildman–Crippen LogP) is 1.83. The van der Waals surface area contributed by atoms with E-state index >= 15 is 0 Å². The number of nitrogens with one attached hydrogen (secondary N) is 1. The number of aryl methyl sites for hydroxylation is 1. The smallest absolute Gasteiger partial charge is 0.141 e. The third-order valence-electron chi connectivity index (χ3n) is 2.86. The molecule has 0 aliphatic carbocycles. The largest absolute Gasteiger partial charge is 0.495 e. The molecule has 2 N–H and O–H groups in total. The maximum atomic E-state index is 9.89. The first kappa shape index (κ1) is 16.8. The first-order valence-electron chi connectivity index (χ1n) is 6.74. The zero-order valence-electron chi connectivity index (χ0n) is 12.7. The van der Waals surface area contributed by atoms with Gasteiger partial charge in [0, 0.05) is 13.7 Å². The third kappa shape index (κ3) is 5.77. The number of aliphatic hydroxyl groups is 1. The molecule has 0 amide bonds. The number of methoxy groups -OCH3 is 2. The van der Waals surface area contributed by atoms with Crippen LogP contribution in [0.5, 0.6) is 5.75 Å². The highest BCUT2D eigenvalue weighted by atomic mass is 16.5. The summed E-state index contributed by atoms with van der Waals surface area (Å²) in [6, 6.07) is 5.87. The summed E-state index contributed by atoms with van der Waals surface area (Å²) in [5.41, 5.74) is 2.00. The van der Waals surface area contributed by atoms with Gasteiger partial charge in [0.05, 0.1) is 38.2 Å². The molecule has 5 heteroatoms. The van der Waals surface area contributed by atoms with E-state index in [0.717, 1.165) is 17.0 Å². The molecule has 0 radical (unpaired) electrons. The fraction of sp³-hybridized carbons (Fsp3) is 0.600. The number of rotatable bonds is 9. The van der Waals surface area contributed by atoms with Crippen molar-refractivity contribution < 1.29 is 19.3 Å². The second-order valence-electron chi connectivity index (χ2n) is 4.84. The Morgan fingerprint density at radius 2 is 2.00 bits per heavy atom. The first-order valence-corrected chi connectivity index (χ1v) is 6.74. The van der Waals surface area contributed by atoms with Crippen molar-refractivity contribution in [1.29, 1.82) is 0 Å². The zero-order chi connectivity index (χ0) is 15.0. The highest BCUT2D eigenvalue weighted by Gasteiger charge is 2.09. The minimum Gasteiger partial charge on any atom is -0.495 e. The van der Waals surface area contributed by atoms with Crippen LogP contribution in [0.25, 0.3) is 0 Å². The van der Waals surface area contributed by atoms with Gasteiger partial charge in [-0.05, 0) is 31.5 Å². The third-order valence-corrected chi connectivity index (χ3v) is 2.86. The van der Waals surface area contributed by atoms with E-state index < -0.39 is 6.10 Å². The van der Waals surface area contributed by atoms with E-state index in [2.05, 4.69) is 5.32 Å². The summed E-state index contributed by atoms with van der Waals surface area (Å²) in [5.74, 6) is 0.761. The van der Waals surface area contributed by atoms with Crippen molar-refractivity contribution in [2.75, 3.05) is 39.3 Å². The number of ether oxygens (including phenoxy) is 3. The normalized spacial score (nSPS) is 13.8. The lowest BCUT2D eigenvalue weighted by atomic mass is 10.2. The molecule has 114 valence electrons. The molecule has 0 bridgehead atoms. The van der Waals surface area contributed by atoms with Gasteiger partial charge in [-0.15, -0.1) is 0 Å². The van der Waals surface area contributed by atoms with Crippen molar-refractivity contribution in [2.45, 2.75) is 26.1 Å². The van der Waals surface area contributed by atoms with Crippen molar-refractivity contribution >= 4 is 5.69 Å². The molecule has 20 heavy (non-hydrogen) atoms. The van der Waals surface area contributed by atoms with E-state index in [1.165, 1.54) is 0 Å². The van der Waals surface area contributed by atoms with Gasteiger partial charge in [-0.3, -0.25) is 0 Å². The predicted molar refractivity (Wildman–Crippen MR) is 79.5 cm³/mol. The van der Waals surface area contributed by atoms with Gasteiger partial charge in [0.1, 0.15) is 5.75 Å². The number of anilines is 1. The van der Waals surface area contributed by atoms with Gasteiger partial charge in [-0.25, -0.2) is 0 Å². The second kappa shape index (κ2) is 8.79. The molecule has 0 saturated heterocycles. The molecule has 0 saturated carbocycles. The minimum atomic E-state index is -0.584. The Balaban J connectivity index is 2.40. The van der Waals surface area contributed by atoms with Crippen LogP contribution in [0.3, 0.4) is 0 Å². The summed E-state index contributed by atoms with van der Waals surface area (Å²) in [5, 5.41) is 13.1. The van der Waals surface area contributed by atoms with Gasteiger partial charge in [-0.1, -0.05) is 6.07 Å². The van der Waals surface area contributed by atoms with Crippen molar-refractivity contribution in [3.8, 4) is 5.75 Å². The lowest BCUT2D eigenvalue weighted by Crippen LogP contribution is -2.28. The monoisotopic (exact) mass is 283 g/mol. The quantitative estimate of drug-likeness (QED) is 0.724. The van der Waals surface area contributed by atoms with Gasteiger partial charge in [0.2, 0.25) is 0 Å². The van der Waals surface area contributed by atoms with Crippen LogP contribution in [0.4, 0.5) is 5.69 Å². The highest BCUT2D eigenvalue weighted by Crippen LogP contribution is 2.24. The molecular weight excluding hydrogens is 258 g/mol. The molecule has 0 spiro atoms. The number of hydrogen-bond donors (Lipinski definition) is 2. The number of aliphatic hydroxyl groups excluding tert-OH is 1. The molecule has 1 aromatic rings. The molecule has 2 unspecified atom stereocenters. The van der Waals surface area contributed by atoms with E-state index in [-0.39, 0.29) is 12.7 Å². The lowest BCUT2D eigenvalue weighted by Gasteiger charge is -2.18. The Morgan fingerprint density at radius 1 is 1.25 bits per heavy atom. The summed E-state index contributed by atoms with van der Waals surface area (Å²) >= 11 is 0. The molecule has 0 aromatic heterocycles. The second-order valence-corrected chi connectivity index (χ2v) is 4.84. The molecule has 1 rings (SSSR count). The molecule has 0 aliphatic heterocycles. The van der Waals surface area contributed by atoms with Crippen LogP contribution in [0.1, 0.15) is 12.5 Å². The van der Waals surface area contributed by atoms with Crippen LogP contribution >= 0.6 is 0 Å². The molecule has 0 aliphatic rings. The van der Waals surface area contributed by atoms with Crippen molar-refractivity contribution in [2.24, 2.45) is 0 Å². The number of hydrogen-bond acceptors (Lipinski definition) is 5. The van der Waals surface area contributed by atoms with Crippen molar-refractivity contribution in [3.05, 3.63) is 23.8 Å². The fourth-order valence-corrected chi connectivity index (χ4v) is 1.80. The maximum absolute atomic E-state index is 9.89. The van der Waals surface area contributed by atoms with Crippen molar-refractivity contribution in [3.63, 3.8) is 0 Å². The summed E-state index contributed by atoms with van der Waals surface area (Å²) in [7, 11) is 3.25. The summed E-state index contributed by atoms with van der Waals surface area (Å²) in [6.07, 6.45) is -0.609. The van der Waals surface area contributed by atoms with Crippen LogP contribution in [0.2, 0.25) is 0 Å². The van der Waals surface area contributed by atoms with Crippen LogP contribution < -0.4 is 10.1 Å². The van der Waals surface area contributed by atoms with Crippen LogP contribution in [-0.2, 0) is 9.47 Å². The van der Waals surface area contributed by atoms with Crippen LogP contribution in [0.15, 0.2) is 18.2 Å². The Kier molecular flexibility index (Phi) is 7.36. The molecule has 0 fully saturated rings. The Labute approximate surface area is 120 Å². The highest BCUT2D eigenvalue weighted by molar-refractivity contribution is 5.58. The van der Waals surface area contributed by atoms with Gasteiger partial charge in [0.15, 0.2) is 0 Å². The maximum Gasteiger partial charge on any atom is 0.141 e. The molecular formula is C15H25NO4. The Bertz CT molecular complexity index is 397. The fourth-order valence-electron chi connectivity index (χ4n) is 1.80. The van der Waals surface area contributed by atoms with Crippen molar-refractivity contribution in [1.82, 2.24) is 0 Å². The molecule has 1 aromatic carbocycles. The van der Waals surface area contributed by atoms with E-state index in [9.17, 15) is 5.11 Å². The summed E-state index contributed by atoms with van der Waals surface area (Å²) in [6.45, 7) is 5.11. The average Bonchev–Trinajstić information content (AvgIpc) is 2.43. The van der Waals surface area contributed by atoms with E-state index in [4.69, 9.17) is 14.2 Å². The number of benzene rings is 1. The average molecular weight is 283 g/mol.